The number of hydrogen-bond acceptors (Lipinski definition) is 2. The van der Waals surface area contributed by atoms with E-state index >= 15 is 0 Å². The van der Waals surface area contributed by atoms with Crippen molar-refractivity contribution in [3.8, 4) is 0 Å². The van der Waals surface area contributed by atoms with Crippen LogP contribution in [0.4, 0.5) is 18.9 Å². The SMILES string of the molecule is FC(F)(F)c1cccc(NN=Cc2ccc(Cl)c(Cl)c2)c1. The number of hydrogen-bond donors (Lipinski definition) is 1. The molecule has 0 aromatic heterocycles. The van der Waals surface area contributed by atoms with Crippen LogP contribution in [0.3, 0.4) is 0 Å². The van der Waals surface area contributed by atoms with Crippen molar-refractivity contribution < 1.29 is 13.2 Å². The van der Waals surface area contributed by atoms with Gasteiger partial charge in [-0.3, -0.25) is 5.43 Å². The summed E-state index contributed by atoms with van der Waals surface area (Å²) in [7, 11) is 0. The van der Waals surface area contributed by atoms with E-state index in [-0.39, 0.29) is 5.69 Å². The van der Waals surface area contributed by atoms with Crippen molar-refractivity contribution in [3.05, 3.63) is 63.6 Å². The van der Waals surface area contributed by atoms with Gasteiger partial charge in [-0.05, 0) is 35.9 Å². The first-order valence-corrected chi connectivity index (χ1v) is 6.53. The molecular formula is C14H9Cl2F3N2. The average molecular weight is 333 g/mol. The average Bonchev–Trinajstić information content (AvgIpc) is 2.42. The third-order valence-electron chi connectivity index (χ3n) is 2.54. The first-order valence-electron chi connectivity index (χ1n) is 5.77. The van der Waals surface area contributed by atoms with Gasteiger partial charge in [0.05, 0.1) is 27.5 Å². The highest BCUT2D eigenvalue weighted by Crippen LogP contribution is 2.30. The highest BCUT2D eigenvalue weighted by molar-refractivity contribution is 6.42. The van der Waals surface area contributed by atoms with Crippen molar-refractivity contribution in [2.24, 2.45) is 5.10 Å². The van der Waals surface area contributed by atoms with Gasteiger partial charge in [-0.2, -0.15) is 18.3 Å². The molecule has 0 saturated heterocycles. The minimum absolute atomic E-state index is 0.237. The van der Waals surface area contributed by atoms with Crippen LogP contribution in [0.5, 0.6) is 0 Å². The molecule has 0 unspecified atom stereocenters. The molecule has 0 amide bonds. The van der Waals surface area contributed by atoms with Crippen molar-refractivity contribution in [2.45, 2.75) is 6.18 Å². The lowest BCUT2D eigenvalue weighted by Crippen LogP contribution is -2.05. The van der Waals surface area contributed by atoms with Crippen LogP contribution in [0.15, 0.2) is 47.6 Å². The maximum Gasteiger partial charge on any atom is 0.416 e. The largest absolute Gasteiger partial charge is 0.416 e. The molecule has 0 bridgehead atoms. The Balaban J connectivity index is 2.09. The van der Waals surface area contributed by atoms with Gasteiger partial charge in [0.25, 0.3) is 0 Å². The van der Waals surface area contributed by atoms with Crippen molar-refractivity contribution in [2.75, 3.05) is 5.43 Å². The molecule has 2 aromatic carbocycles. The Morgan fingerprint density at radius 1 is 1.00 bits per heavy atom. The standard InChI is InChI=1S/C14H9Cl2F3N2/c15-12-5-4-9(6-13(12)16)8-20-21-11-3-1-2-10(7-11)14(17,18)19/h1-8,21H. The van der Waals surface area contributed by atoms with Crippen molar-refractivity contribution in [1.82, 2.24) is 0 Å². The lowest BCUT2D eigenvalue weighted by atomic mass is 10.2. The topological polar surface area (TPSA) is 24.4 Å². The van der Waals surface area contributed by atoms with Crippen LogP contribution in [-0.4, -0.2) is 6.21 Å². The molecule has 0 radical (unpaired) electrons. The molecule has 2 nitrogen and oxygen atoms in total. The normalized spacial score (nSPS) is 11.9. The van der Waals surface area contributed by atoms with Crippen LogP contribution in [-0.2, 0) is 6.18 Å². The van der Waals surface area contributed by atoms with Crippen LogP contribution in [0.2, 0.25) is 10.0 Å². The molecule has 2 aromatic rings. The van der Waals surface area contributed by atoms with Gasteiger partial charge in [-0.15, -0.1) is 0 Å². The Morgan fingerprint density at radius 2 is 1.76 bits per heavy atom. The number of nitrogens with one attached hydrogen (secondary N) is 1. The highest BCUT2D eigenvalue weighted by Gasteiger charge is 2.30. The maximum absolute atomic E-state index is 12.5. The highest BCUT2D eigenvalue weighted by atomic mass is 35.5. The van der Waals surface area contributed by atoms with E-state index in [1.807, 2.05) is 0 Å². The predicted molar refractivity (Wildman–Crippen MR) is 79.1 cm³/mol. The van der Waals surface area contributed by atoms with Gasteiger partial charge in [0.15, 0.2) is 0 Å². The molecule has 0 heterocycles. The minimum Gasteiger partial charge on any atom is -0.278 e. The van der Waals surface area contributed by atoms with Crippen LogP contribution >= 0.6 is 23.2 Å². The first-order chi connectivity index (χ1) is 9.86. The summed E-state index contributed by atoms with van der Waals surface area (Å²) in [4.78, 5) is 0. The smallest absolute Gasteiger partial charge is 0.278 e. The quantitative estimate of drug-likeness (QED) is 0.585. The summed E-state index contributed by atoms with van der Waals surface area (Å²) in [6.07, 6.45) is -2.95. The summed E-state index contributed by atoms with van der Waals surface area (Å²) in [5.74, 6) is 0. The second-order valence-corrected chi connectivity index (χ2v) is 4.94. The fourth-order valence-corrected chi connectivity index (χ4v) is 1.85. The van der Waals surface area contributed by atoms with E-state index in [0.29, 0.717) is 15.6 Å². The van der Waals surface area contributed by atoms with E-state index in [1.165, 1.54) is 18.3 Å². The zero-order valence-electron chi connectivity index (χ0n) is 10.5. The van der Waals surface area contributed by atoms with E-state index in [1.54, 1.807) is 18.2 Å². The molecule has 1 N–H and O–H groups in total. The number of rotatable bonds is 3. The van der Waals surface area contributed by atoms with E-state index in [9.17, 15) is 13.2 Å². The second-order valence-electron chi connectivity index (χ2n) is 4.12. The zero-order chi connectivity index (χ0) is 15.5. The third kappa shape index (κ3) is 4.37. The van der Waals surface area contributed by atoms with Gasteiger partial charge in [-0.25, -0.2) is 0 Å². The lowest BCUT2D eigenvalue weighted by molar-refractivity contribution is -0.137. The van der Waals surface area contributed by atoms with E-state index in [2.05, 4.69) is 10.5 Å². The fourth-order valence-electron chi connectivity index (χ4n) is 1.54. The Labute approximate surface area is 129 Å². The number of hydrazone groups is 1. The molecule has 0 aliphatic carbocycles. The van der Waals surface area contributed by atoms with Crippen molar-refractivity contribution in [1.29, 1.82) is 0 Å². The molecule has 21 heavy (non-hydrogen) atoms. The van der Waals surface area contributed by atoms with Gasteiger partial charge in [-0.1, -0.05) is 35.3 Å². The molecular weight excluding hydrogens is 324 g/mol. The predicted octanol–water partition coefficient (Wildman–Crippen LogP) is 5.46. The number of nitrogens with zero attached hydrogens (tertiary/aromatic N) is 1. The van der Waals surface area contributed by atoms with E-state index in [4.69, 9.17) is 23.2 Å². The molecule has 0 aliphatic heterocycles. The van der Waals surface area contributed by atoms with Gasteiger partial charge in [0.2, 0.25) is 0 Å². The molecule has 0 fully saturated rings. The lowest BCUT2D eigenvalue weighted by Gasteiger charge is -2.08. The molecule has 110 valence electrons. The molecule has 0 atom stereocenters. The Bertz CT molecular complexity index is 670. The summed E-state index contributed by atoms with van der Waals surface area (Å²) in [6, 6.07) is 9.66. The zero-order valence-corrected chi connectivity index (χ0v) is 12.0. The Morgan fingerprint density at radius 3 is 2.43 bits per heavy atom. The van der Waals surface area contributed by atoms with Crippen molar-refractivity contribution in [3.63, 3.8) is 0 Å². The third-order valence-corrected chi connectivity index (χ3v) is 3.28. The molecule has 2 rings (SSSR count). The number of anilines is 1. The van der Waals surface area contributed by atoms with Crippen LogP contribution in [0.1, 0.15) is 11.1 Å². The molecule has 0 aliphatic rings. The van der Waals surface area contributed by atoms with Gasteiger partial charge in [0, 0.05) is 0 Å². The first kappa shape index (κ1) is 15.7. The summed E-state index contributed by atoms with van der Waals surface area (Å²) >= 11 is 11.6. The van der Waals surface area contributed by atoms with Crippen molar-refractivity contribution >= 4 is 35.1 Å². The molecule has 7 heteroatoms. The summed E-state index contributed by atoms with van der Waals surface area (Å²) < 4.78 is 37.6. The summed E-state index contributed by atoms with van der Waals surface area (Å²) in [6.45, 7) is 0. The monoisotopic (exact) mass is 332 g/mol. The van der Waals surface area contributed by atoms with E-state index in [0.717, 1.165) is 12.1 Å². The van der Waals surface area contributed by atoms with Crippen LogP contribution in [0, 0.1) is 0 Å². The minimum atomic E-state index is -4.38. The van der Waals surface area contributed by atoms with Gasteiger partial charge >= 0.3 is 6.18 Å². The Kier molecular flexibility index (Phi) is 4.75. The summed E-state index contributed by atoms with van der Waals surface area (Å²) in [5.41, 5.74) is 2.70. The maximum atomic E-state index is 12.5. The second kappa shape index (κ2) is 6.37. The van der Waals surface area contributed by atoms with E-state index < -0.39 is 11.7 Å². The van der Waals surface area contributed by atoms with Gasteiger partial charge in [0.1, 0.15) is 0 Å². The van der Waals surface area contributed by atoms with Crippen LogP contribution in [0.25, 0.3) is 0 Å². The molecule has 0 spiro atoms. The summed E-state index contributed by atoms with van der Waals surface area (Å²) in [5, 5.41) is 4.65. The Hall–Kier alpha value is -1.72. The van der Waals surface area contributed by atoms with Crippen LogP contribution < -0.4 is 5.43 Å². The number of halogens is 5. The fraction of sp³-hybridized carbons (Fsp3) is 0.0714. The molecule has 0 saturated carbocycles. The van der Waals surface area contributed by atoms with Gasteiger partial charge < -0.3 is 0 Å². The number of benzene rings is 2. The number of alkyl halides is 3.